The number of anilines is 3. The zero-order valence-electron chi connectivity index (χ0n) is 22.8. The van der Waals surface area contributed by atoms with E-state index in [-0.39, 0.29) is 18.2 Å². The first kappa shape index (κ1) is 28.9. The molecule has 0 aromatic heterocycles. The van der Waals surface area contributed by atoms with Crippen molar-refractivity contribution in [3.63, 3.8) is 0 Å². The fourth-order valence-corrected chi connectivity index (χ4v) is 4.74. The van der Waals surface area contributed by atoms with Crippen LogP contribution in [0.25, 0.3) is 11.3 Å². The number of nitrogens with zero attached hydrogens (tertiary/aromatic N) is 2. The van der Waals surface area contributed by atoms with E-state index in [1.165, 1.54) is 0 Å². The van der Waals surface area contributed by atoms with Gasteiger partial charge < -0.3 is 25.5 Å². The Morgan fingerprint density at radius 1 is 0.950 bits per heavy atom. The molecule has 2 amide bonds. The summed E-state index contributed by atoms with van der Waals surface area (Å²) in [6.45, 7) is 0.951. The van der Waals surface area contributed by atoms with Crippen molar-refractivity contribution in [3.05, 3.63) is 88.4 Å². The fourth-order valence-electron chi connectivity index (χ4n) is 4.56. The van der Waals surface area contributed by atoms with E-state index in [4.69, 9.17) is 16.7 Å². The standard InChI is InChI=1S/C31H33ClN4O4/c1-35(2)17-5-4-6-27(37)36(3)24-14-12-23(13-15-24)33-30(21-9-7-20(8-10-21)18-28(38)39)29-25-16-11-22(32)19-26(25)34-31(29)40/h7-16,19,33H,4-6,17-18H2,1-3H3,(H,34,40)(H,38,39). The van der Waals surface area contributed by atoms with E-state index in [0.717, 1.165) is 36.3 Å². The van der Waals surface area contributed by atoms with Crippen molar-refractivity contribution in [1.29, 1.82) is 0 Å². The van der Waals surface area contributed by atoms with Gasteiger partial charge in [0.2, 0.25) is 5.91 Å². The molecule has 0 fully saturated rings. The number of unbranched alkanes of at least 4 members (excludes halogenated alkanes) is 1. The topological polar surface area (TPSA) is 102 Å². The van der Waals surface area contributed by atoms with Gasteiger partial charge in [0.05, 0.1) is 23.4 Å². The van der Waals surface area contributed by atoms with E-state index in [0.29, 0.717) is 39.5 Å². The quantitative estimate of drug-likeness (QED) is 0.209. The Bertz CT molecular complexity index is 1430. The highest BCUT2D eigenvalue weighted by molar-refractivity contribution is 6.38. The molecule has 0 unspecified atom stereocenters. The van der Waals surface area contributed by atoms with Crippen LogP contribution in [-0.2, 0) is 20.8 Å². The maximum Gasteiger partial charge on any atom is 0.307 e. The summed E-state index contributed by atoms with van der Waals surface area (Å²) in [7, 11) is 5.81. The molecule has 3 aromatic carbocycles. The van der Waals surface area contributed by atoms with Crippen LogP contribution >= 0.6 is 11.6 Å². The van der Waals surface area contributed by atoms with Crippen LogP contribution in [0.1, 0.15) is 36.0 Å². The minimum absolute atomic E-state index is 0.0571. The number of rotatable bonds is 11. The monoisotopic (exact) mass is 560 g/mol. The molecule has 0 atom stereocenters. The molecule has 8 nitrogen and oxygen atoms in total. The Hall–Kier alpha value is -4.14. The highest BCUT2D eigenvalue weighted by Gasteiger charge is 2.28. The lowest BCUT2D eigenvalue weighted by Crippen LogP contribution is -2.26. The minimum atomic E-state index is -0.914. The summed E-state index contributed by atoms with van der Waals surface area (Å²) >= 11 is 6.15. The number of carbonyl (C=O) groups is 3. The van der Waals surface area contributed by atoms with E-state index in [2.05, 4.69) is 15.5 Å². The second kappa shape index (κ2) is 12.8. The molecule has 0 radical (unpaired) electrons. The second-order valence-corrected chi connectivity index (χ2v) is 10.5. The van der Waals surface area contributed by atoms with Crippen molar-refractivity contribution >= 4 is 57.7 Å². The maximum atomic E-state index is 13.1. The highest BCUT2D eigenvalue weighted by atomic mass is 35.5. The molecule has 9 heteroatoms. The van der Waals surface area contributed by atoms with Gasteiger partial charge in [0.25, 0.3) is 5.91 Å². The SMILES string of the molecule is CN(C)CCCCC(=O)N(C)c1ccc(NC(=C2C(=O)Nc3cc(Cl)ccc32)c2ccc(CC(=O)O)cc2)cc1. The minimum Gasteiger partial charge on any atom is -0.481 e. The van der Waals surface area contributed by atoms with Gasteiger partial charge in [-0.1, -0.05) is 41.9 Å². The number of carboxylic acids is 1. The number of aliphatic carboxylic acids is 1. The van der Waals surface area contributed by atoms with Gasteiger partial charge in [-0.25, -0.2) is 0 Å². The third-order valence-electron chi connectivity index (χ3n) is 6.72. The first-order valence-corrected chi connectivity index (χ1v) is 13.4. The summed E-state index contributed by atoms with van der Waals surface area (Å²) in [5, 5.41) is 15.9. The molecule has 1 heterocycles. The Morgan fingerprint density at radius 2 is 1.65 bits per heavy atom. The van der Waals surface area contributed by atoms with Crippen molar-refractivity contribution in [2.45, 2.75) is 25.7 Å². The molecule has 208 valence electrons. The molecular formula is C31H33ClN4O4. The molecule has 1 aliphatic rings. The van der Waals surface area contributed by atoms with E-state index in [1.54, 1.807) is 54.4 Å². The highest BCUT2D eigenvalue weighted by Crippen LogP contribution is 2.39. The number of benzene rings is 3. The summed E-state index contributed by atoms with van der Waals surface area (Å²) in [5.74, 6) is -1.13. The van der Waals surface area contributed by atoms with Gasteiger partial charge >= 0.3 is 5.97 Å². The van der Waals surface area contributed by atoms with Gasteiger partial charge in [0, 0.05) is 35.4 Å². The van der Waals surface area contributed by atoms with Crippen LogP contribution in [0.4, 0.5) is 17.1 Å². The molecule has 4 rings (SSSR count). The Morgan fingerprint density at radius 3 is 2.30 bits per heavy atom. The average molecular weight is 561 g/mol. The third-order valence-corrected chi connectivity index (χ3v) is 6.95. The summed E-state index contributed by atoms with van der Waals surface area (Å²) in [6.07, 6.45) is 2.19. The number of amides is 2. The number of nitrogens with one attached hydrogen (secondary N) is 2. The fraction of sp³-hybridized carbons (Fsp3) is 0.258. The van der Waals surface area contributed by atoms with Gasteiger partial charge in [-0.15, -0.1) is 0 Å². The number of hydrogen-bond donors (Lipinski definition) is 3. The summed E-state index contributed by atoms with van der Waals surface area (Å²) in [6, 6.07) is 19.8. The van der Waals surface area contributed by atoms with Crippen molar-refractivity contribution < 1.29 is 19.5 Å². The van der Waals surface area contributed by atoms with Gasteiger partial charge in [0.15, 0.2) is 0 Å². The molecule has 0 saturated heterocycles. The number of fused-ring (bicyclic) bond motifs is 1. The van der Waals surface area contributed by atoms with Crippen molar-refractivity contribution in [2.24, 2.45) is 0 Å². The molecule has 1 aliphatic heterocycles. The van der Waals surface area contributed by atoms with Gasteiger partial charge in [-0.3, -0.25) is 14.4 Å². The van der Waals surface area contributed by atoms with Crippen LogP contribution in [0.2, 0.25) is 5.02 Å². The summed E-state index contributed by atoms with van der Waals surface area (Å²) in [4.78, 5) is 40.7. The predicted molar refractivity (Wildman–Crippen MR) is 161 cm³/mol. The summed E-state index contributed by atoms with van der Waals surface area (Å²) < 4.78 is 0. The largest absolute Gasteiger partial charge is 0.481 e. The van der Waals surface area contributed by atoms with Gasteiger partial charge in [-0.2, -0.15) is 0 Å². The van der Waals surface area contributed by atoms with Crippen molar-refractivity contribution in [1.82, 2.24) is 4.90 Å². The van der Waals surface area contributed by atoms with Gasteiger partial charge in [-0.05, 0) is 81.0 Å². The van der Waals surface area contributed by atoms with Gasteiger partial charge in [0.1, 0.15) is 0 Å². The molecule has 3 aromatic rings. The Kier molecular flexibility index (Phi) is 9.24. The molecule has 0 spiro atoms. The number of carboxylic acid groups (broad SMARTS) is 1. The number of hydrogen-bond acceptors (Lipinski definition) is 5. The zero-order chi connectivity index (χ0) is 28.8. The van der Waals surface area contributed by atoms with Crippen LogP contribution in [0.15, 0.2) is 66.7 Å². The summed E-state index contributed by atoms with van der Waals surface area (Å²) in [5.41, 5.74) is 5.22. The lowest BCUT2D eigenvalue weighted by Gasteiger charge is -2.19. The first-order chi connectivity index (χ1) is 19.1. The molecule has 0 bridgehead atoms. The molecule has 0 saturated carbocycles. The van der Waals surface area contributed by atoms with Crippen molar-refractivity contribution in [3.8, 4) is 0 Å². The smallest absolute Gasteiger partial charge is 0.307 e. The van der Waals surface area contributed by atoms with Crippen LogP contribution in [0.3, 0.4) is 0 Å². The van der Waals surface area contributed by atoms with E-state index in [9.17, 15) is 14.4 Å². The maximum absolute atomic E-state index is 13.1. The molecule has 40 heavy (non-hydrogen) atoms. The predicted octanol–water partition coefficient (Wildman–Crippen LogP) is 5.59. The molecule has 0 aliphatic carbocycles. The average Bonchev–Trinajstić information content (AvgIpc) is 3.24. The lowest BCUT2D eigenvalue weighted by molar-refractivity contribution is -0.136. The van der Waals surface area contributed by atoms with Crippen LogP contribution < -0.4 is 15.5 Å². The van der Waals surface area contributed by atoms with E-state index < -0.39 is 5.97 Å². The van der Waals surface area contributed by atoms with Crippen molar-refractivity contribution in [2.75, 3.05) is 43.2 Å². The Labute approximate surface area is 239 Å². The van der Waals surface area contributed by atoms with Crippen LogP contribution in [0.5, 0.6) is 0 Å². The first-order valence-electron chi connectivity index (χ1n) is 13.1. The number of carbonyl (C=O) groups excluding carboxylic acids is 2. The van der Waals surface area contributed by atoms with Crippen LogP contribution in [0, 0.1) is 0 Å². The van der Waals surface area contributed by atoms with E-state index >= 15 is 0 Å². The zero-order valence-corrected chi connectivity index (χ0v) is 23.6. The molecular weight excluding hydrogens is 528 g/mol. The third kappa shape index (κ3) is 7.08. The Balaban J connectivity index is 1.61. The van der Waals surface area contributed by atoms with E-state index in [1.807, 2.05) is 38.4 Å². The second-order valence-electron chi connectivity index (χ2n) is 10.0. The molecule has 3 N–H and O–H groups in total. The van der Waals surface area contributed by atoms with Crippen LogP contribution in [-0.4, -0.2) is 55.5 Å². The normalized spacial score (nSPS) is 13.6. The number of halogens is 1. The lowest BCUT2D eigenvalue weighted by atomic mass is 9.98.